The largest absolute Gasteiger partial charge is 0.497 e. The van der Waals surface area contributed by atoms with E-state index < -0.39 is 0 Å². The van der Waals surface area contributed by atoms with Gasteiger partial charge < -0.3 is 14.5 Å². The molecule has 0 saturated carbocycles. The maximum Gasteiger partial charge on any atom is 0.254 e. The molecule has 0 aliphatic carbocycles. The third kappa shape index (κ3) is 3.59. The van der Waals surface area contributed by atoms with Gasteiger partial charge in [0, 0.05) is 31.7 Å². The molecule has 5 rings (SSSR count). The molecule has 0 N–H and O–H groups in total. The molecule has 0 radical (unpaired) electrons. The first kappa shape index (κ1) is 19.9. The third-order valence-corrected chi connectivity index (χ3v) is 5.47. The number of carbonyl (C=O) groups excluding carboxylic acids is 1. The monoisotopic (exact) mass is 433 g/mol. The second-order valence-corrected chi connectivity index (χ2v) is 7.36. The van der Waals surface area contributed by atoms with E-state index in [1.54, 1.807) is 36.1 Å². The molecule has 1 fully saturated rings. The maximum atomic E-state index is 13.3. The van der Waals surface area contributed by atoms with Crippen molar-refractivity contribution in [2.75, 3.05) is 38.2 Å². The van der Waals surface area contributed by atoms with Gasteiger partial charge in [-0.1, -0.05) is 11.3 Å². The molecule has 32 heavy (non-hydrogen) atoms. The van der Waals surface area contributed by atoms with E-state index in [1.807, 2.05) is 17.0 Å². The molecule has 162 valence electrons. The number of carbonyl (C=O) groups is 1. The Morgan fingerprint density at radius 3 is 2.56 bits per heavy atom. The number of fused-ring (bicyclic) bond motifs is 1. The number of hydrogen-bond donors (Lipinski definition) is 0. The standard InChI is InChI=1S/C22H20FN7O2/c1-32-18-4-2-3-15(13-18)22(31)29-11-9-28(10-12-29)20-19-21(25-14-24-20)30(27-26-19)17-7-5-16(23)6-8-17/h2-8,13-14H,9-12H2,1H3. The first-order chi connectivity index (χ1) is 15.6. The van der Waals surface area contributed by atoms with Crippen LogP contribution in [0.4, 0.5) is 10.2 Å². The van der Waals surface area contributed by atoms with E-state index >= 15 is 0 Å². The van der Waals surface area contributed by atoms with Crippen molar-refractivity contribution in [1.82, 2.24) is 29.9 Å². The fourth-order valence-corrected chi connectivity index (χ4v) is 3.78. The molecule has 0 atom stereocenters. The summed E-state index contributed by atoms with van der Waals surface area (Å²) in [6.45, 7) is 2.30. The topological polar surface area (TPSA) is 89.3 Å². The first-order valence-corrected chi connectivity index (χ1v) is 10.1. The van der Waals surface area contributed by atoms with E-state index in [0.717, 1.165) is 0 Å². The molecule has 1 aliphatic rings. The number of rotatable bonds is 4. The lowest BCUT2D eigenvalue weighted by atomic mass is 10.1. The Hall–Kier alpha value is -4.08. The number of benzene rings is 2. The normalized spacial score (nSPS) is 14.1. The quantitative estimate of drug-likeness (QED) is 0.488. The number of aromatic nitrogens is 5. The van der Waals surface area contributed by atoms with Crippen molar-refractivity contribution in [3.63, 3.8) is 0 Å². The van der Waals surface area contributed by atoms with Gasteiger partial charge in [-0.05, 0) is 42.5 Å². The summed E-state index contributed by atoms with van der Waals surface area (Å²) >= 11 is 0. The molecule has 1 saturated heterocycles. The highest BCUT2D eigenvalue weighted by Crippen LogP contribution is 2.24. The van der Waals surface area contributed by atoms with Crippen LogP contribution >= 0.6 is 0 Å². The predicted octanol–water partition coefficient (Wildman–Crippen LogP) is 2.32. The Kier molecular flexibility index (Phi) is 5.10. The molecule has 4 aromatic rings. The number of nitrogens with zero attached hydrogens (tertiary/aromatic N) is 7. The van der Waals surface area contributed by atoms with Gasteiger partial charge in [0.1, 0.15) is 17.9 Å². The van der Waals surface area contributed by atoms with E-state index in [0.29, 0.717) is 60.2 Å². The zero-order valence-electron chi connectivity index (χ0n) is 17.3. The average molecular weight is 433 g/mol. The highest BCUT2D eigenvalue weighted by Gasteiger charge is 2.25. The second kappa shape index (κ2) is 8.22. The van der Waals surface area contributed by atoms with E-state index in [-0.39, 0.29) is 11.7 Å². The van der Waals surface area contributed by atoms with Crippen LogP contribution in [0.1, 0.15) is 10.4 Å². The van der Waals surface area contributed by atoms with E-state index in [1.165, 1.54) is 18.5 Å². The molecule has 2 aromatic carbocycles. The summed E-state index contributed by atoms with van der Waals surface area (Å²) in [5.74, 6) is 0.965. The van der Waals surface area contributed by atoms with Crippen LogP contribution in [0.2, 0.25) is 0 Å². The molecular formula is C22H20FN7O2. The zero-order chi connectivity index (χ0) is 22.1. The molecule has 0 bridgehead atoms. The van der Waals surface area contributed by atoms with Gasteiger partial charge in [0.25, 0.3) is 5.91 Å². The van der Waals surface area contributed by atoms with Gasteiger partial charge in [-0.25, -0.2) is 14.4 Å². The van der Waals surface area contributed by atoms with Crippen LogP contribution in [-0.4, -0.2) is 69.1 Å². The van der Waals surface area contributed by atoms with Crippen molar-refractivity contribution < 1.29 is 13.9 Å². The molecule has 0 unspecified atom stereocenters. The fourth-order valence-electron chi connectivity index (χ4n) is 3.78. The van der Waals surface area contributed by atoms with Gasteiger partial charge >= 0.3 is 0 Å². The summed E-state index contributed by atoms with van der Waals surface area (Å²) in [7, 11) is 1.58. The Morgan fingerprint density at radius 1 is 1.03 bits per heavy atom. The molecule has 1 amide bonds. The van der Waals surface area contributed by atoms with Crippen LogP contribution in [-0.2, 0) is 0 Å². The van der Waals surface area contributed by atoms with Crippen molar-refractivity contribution in [2.45, 2.75) is 0 Å². The Labute approximate surface area is 183 Å². The number of piperazine rings is 1. The minimum Gasteiger partial charge on any atom is -0.497 e. The van der Waals surface area contributed by atoms with Gasteiger partial charge in [-0.2, -0.15) is 4.68 Å². The Morgan fingerprint density at radius 2 is 1.81 bits per heavy atom. The van der Waals surface area contributed by atoms with Gasteiger partial charge in [-0.15, -0.1) is 5.10 Å². The van der Waals surface area contributed by atoms with E-state index in [4.69, 9.17) is 4.74 Å². The molecule has 1 aliphatic heterocycles. The van der Waals surface area contributed by atoms with Gasteiger partial charge in [-0.3, -0.25) is 4.79 Å². The molecule has 3 heterocycles. The molecule has 2 aromatic heterocycles. The zero-order valence-corrected chi connectivity index (χ0v) is 17.3. The van der Waals surface area contributed by atoms with Crippen molar-refractivity contribution in [1.29, 1.82) is 0 Å². The summed E-state index contributed by atoms with van der Waals surface area (Å²) in [4.78, 5) is 25.5. The van der Waals surface area contributed by atoms with Crippen molar-refractivity contribution in [2.24, 2.45) is 0 Å². The first-order valence-electron chi connectivity index (χ1n) is 10.1. The van der Waals surface area contributed by atoms with E-state index in [9.17, 15) is 9.18 Å². The fraction of sp³-hybridized carbons (Fsp3) is 0.227. The Balaban J connectivity index is 1.35. The summed E-state index contributed by atoms with van der Waals surface area (Å²) in [5, 5.41) is 8.46. The van der Waals surface area contributed by atoms with Crippen LogP contribution in [0.25, 0.3) is 16.9 Å². The minimum atomic E-state index is -0.324. The van der Waals surface area contributed by atoms with Crippen LogP contribution < -0.4 is 9.64 Å². The summed E-state index contributed by atoms with van der Waals surface area (Å²) in [6.07, 6.45) is 1.47. The Bertz CT molecular complexity index is 1270. The third-order valence-electron chi connectivity index (χ3n) is 5.47. The highest BCUT2D eigenvalue weighted by molar-refractivity contribution is 5.95. The molecule has 10 heteroatoms. The SMILES string of the molecule is COc1cccc(C(=O)N2CCN(c3ncnc4c3nnn4-c3ccc(F)cc3)CC2)c1. The molecular weight excluding hydrogens is 413 g/mol. The van der Waals surface area contributed by atoms with Gasteiger partial charge in [0.05, 0.1) is 12.8 Å². The summed E-state index contributed by atoms with van der Waals surface area (Å²) < 4.78 is 20.1. The van der Waals surface area contributed by atoms with Crippen LogP contribution in [0.3, 0.4) is 0 Å². The average Bonchev–Trinajstić information content (AvgIpc) is 3.28. The second-order valence-electron chi connectivity index (χ2n) is 7.36. The maximum absolute atomic E-state index is 13.3. The van der Waals surface area contributed by atoms with Crippen molar-refractivity contribution >= 4 is 22.9 Å². The number of methoxy groups -OCH3 is 1. The van der Waals surface area contributed by atoms with Gasteiger partial charge in [0.15, 0.2) is 17.0 Å². The van der Waals surface area contributed by atoms with Crippen LogP contribution in [0.15, 0.2) is 54.9 Å². The van der Waals surface area contributed by atoms with E-state index in [2.05, 4.69) is 25.2 Å². The highest BCUT2D eigenvalue weighted by atomic mass is 19.1. The lowest BCUT2D eigenvalue weighted by Gasteiger charge is -2.35. The molecule has 0 spiro atoms. The predicted molar refractivity (Wildman–Crippen MR) is 116 cm³/mol. The smallest absolute Gasteiger partial charge is 0.254 e. The van der Waals surface area contributed by atoms with Gasteiger partial charge in [0.2, 0.25) is 0 Å². The van der Waals surface area contributed by atoms with Crippen LogP contribution in [0, 0.1) is 5.82 Å². The van der Waals surface area contributed by atoms with Crippen molar-refractivity contribution in [3.8, 4) is 11.4 Å². The number of halogens is 1. The number of anilines is 1. The lowest BCUT2D eigenvalue weighted by Crippen LogP contribution is -2.49. The number of amides is 1. The number of hydrogen-bond acceptors (Lipinski definition) is 7. The number of ether oxygens (including phenoxy) is 1. The van der Waals surface area contributed by atoms with Crippen molar-refractivity contribution in [3.05, 3.63) is 66.2 Å². The summed E-state index contributed by atoms with van der Waals surface area (Å²) in [6, 6.07) is 13.1. The molecule has 9 nitrogen and oxygen atoms in total. The van der Waals surface area contributed by atoms with Crippen LogP contribution in [0.5, 0.6) is 5.75 Å². The summed E-state index contributed by atoms with van der Waals surface area (Å²) in [5.41, 5.74) is 2.36. The minimum absolute atomic E-state index is 0.0290. The lowest BCUT2D eigenvalue weighted by molar-refractivity contribution is 0.0746.